The van der Waals surface area contributed by atoms with Crippen molar-refractivity contribution >= 4 is 17.1 Å². The molecular formula is C15H20N2O4. The Morgan fingerprint density at radius 2 is 2.24 bits per heavy atom. The van der Waals surface area contributed by atoms with Gasteiger partial charge < -0.3 is 14.9 Å². The number of esters is 1. The fourth-order valence-corrected chi connectivity index (χ4v) is 2.29. The topological polar surface area (TPSA) is 87.5 Å². The van der Waals surface area contributed by atoms with Gasteiger partial charge in [0.25, 0.3) is 0 Å². The highest BCUT2D eigenvalue weighted by molar-refractivity contribution is 5.74. The van der Waals surface area contributed by atoms with Gasteiger partial charge in [0.2, 0.25) is 0 Å². The molecule has 1 unspecified atom stereocenters. The van der Waals surface area contributed by atoms with Gasteiger partial charge in [0.15, 0.2) is 5.58 Å². The van der Waals surface area contributed by atoms with E-state index in [1.165, 1.54) is 7.11 Å². The summed E-state index contributed by atoms with van der Waals surface area (Å²) in [4.78, 5) is 22.9. The Labute approximate surface area is 122 Å². The number of ether oxygens (including phenoxy) is 1. The first-order valence-corrected chi connectivity index (χ1v) is 7.02. The summed E-state index contributed by atoms with van der Waals surface area (Å²) >= 11 is 0. The van der Waals surface area contributed by atoms with Gasteiger partial charge in [-0.15, -0.1) is 0 Å². The van der Waals surface area contributed by atoms with Gasteiger partial charge in [-0.1, -0.05) is 13.0 Å². The number of oxazole rings is 1. The summed E-state index contributed by atoms with van der Waals surface area (Å²) in [6.45, 7) is 2.63. The number of nitrogens with two attached hydrogens (primary N) is 1. The molecule has 6 nitrogen and oxygen atoms in total. The number of hydrogen-bond donors (Lipinski definition) is 1. The molecule has 0 spiro atoms. The zero-order valence-electron chi connectivity index (χ0n) is 12.3. The summed E-state index contributed by atoms with van der Waals surface area (Å²) in [6, 6.07) is 5.17. The second kappa shape index (κ2) is 6.58. The van der Waals surface area contributed by atoms with Crippen molar-refractivity contribution in [3.05, 3.63) is 34.3 Å². The largest absolute Gasteiger partial charge is 0.469 e. The van der Waals surface area contributed by atoms with Crippen molar-refractivity contribution in [2.75, 3.05) is 7.11 Å². The van der Waals surface area contributed by atoms with Gasteiger partial charge in [-0.3, -0.25) is 9.36 Å². The molecule has 2 N–H and O–H groups in total. The van der Waals surface area contributed by atoms with Crippen LogP contribution >= 0.6 is 0 Å². The molecule has 0 aliphatic rings. The third-order valence-corrected chi connectivity index (χ3v) is 3.45. The molecular weight excluding hydrogens is 272 g/mol. The fourth-order valence-electron chi connectivity index (χ4n) is 2.29. The van der Waals surface area contributed by atoms with Crippen molar-refractivity contribution in [1.82, 2.24) is 4.57 Å². The molecule has 2 rings (SSSR count). The molecule has 6 heteroatoms. The van der Waals surface area contributed by atoms with Crippen LogP contribution in [0, 0.1) is 0 Å². The summed E-state index contributed by atoms with van der Waals surface area (Å²) in [5, 5.41) is 0. The molecule has 0 aliphatic heterocycles. The van der Waals surface area contributed by atoms with E-state index in [0.717, 1.165) is 17.5 Å². The van der Waals surface area contributed by atoms with Gasteiger partial charge in [-0.05, 0) is 30.5 Å². The lowest BCUT2D eigenvalue weighted by Crippen LogP contribution is -2.14. The summed E-state index contributed by atoms with van der Waals surface area (Å²) in [5.41, 5.74) is 8.19. The molecule has 0 fully saturated rings. The van der Waals surface area contributed by atoms with Crippen molar-refractivity contribution < 1.29 is 13.9 Å². The molecule has 1 atom stereocenters. The lowest BCUT2D eigenvalue weighted by Gasteiger charge is -2.11. The SMILES string of the molecule is CCCn1c(=O)oc2cc(C(N)CCC(=O)OC)ccc21. The van der Waals surface area contributed by atoms with Crippen LogP contribution in [0.3, 0.4) is 0 Å². The van der Waals surface area contributed by atoms with Gasteiger partial charge in [0.1, 0.15) is 0 Å². The Bertz CT molecular complexity index is 687. The van der Waals surface area contributed by atoms with E-state index in [-0.39, 0.29) is 24.2 Å². The first kappa shape index (κ1) is 15.3. The van der Waals surface area contributed by atoms with Crippen LogP contribution in [0.2, 0.25) is 0 Å². The van der Waals surface area contributed by atoms with Gasteiger partial charge in [-0.25, -0.2) is 4.79 Å². The number of rotatable bonds is 6. The molecule has 1 heterocycles. The van der Waals surface area contributed by atoms with Crippen LogP contribution in [-0.2, 0) is 16.1 Å². The highest BCUT2D eigenvalue weighted by Gasteiger charge is 2.13. The summed E-state index contributed by atoms with van der Waals surface area (Å²) < 4.78 is 11.5. The minimum Gasteiger partial charge on any atom is -0.469 e. The Balaban J connectivity index is 2.23. The summed E-state index contributed by atoms with van der Waals surface area (Å²) in [6.07, 6.45) is 1.60. The average Bonchev–Trinajstić information content (AvgIpc) is 2.80. The van der Waals surface area contributed by atoms with E-state index in [0.29, 0.717) is 18.5 Å². The van der Waals surface area contributed by atoms with Crippen LogP contribution in [0.5, 0.6) is 0 Å². The molecule has 0 aliphatic carbocycles. The maximum atomic E-state index is 11.8. The van der Waals surface area contributed by atoms with E-state index in [1.807, 2.05) is 19.1 Å². The maximum absolute atomic E-state index is 11.8. The first-order chi connectivity index (χ1) is 10.1. The molecule has 1 aromatic heterocycles. The highest BCUT2D eigenvalue weighted by atomic mass is 16.5. The third-order valence-electron chi connectivity index (χ3n) is 3.45. The molecule has 0 radical (unpaired) electrons. The number of aromatic nitrogens is 1. The Morgan fingerprint density at radius 1 is 1.48 bits per heavy atom. The molecule has 0 saturated heterocycles. The quantitative estimate of drug-likeness (QED) is 0.822. The van der Waals surface area contributed by atoms with Gasteiger partial charge in [0, 0.05) is 19.0 Å². The normalized spacial score (nSPS) is 12.5. The molecule has 0 saturated carbocycles. The van der Waals surface area contributed by atoms with Crippen molar-refractivity contribution in [1.29, 1.82) is 0 Å². The predicted octanol–water partition coefficient (Wildman–Crippen LogP) is 1.96. The number of aryl methyl sites for hydroxylation is 1. The molecule has 0 bridgehead atoms. The molecule has 114 valence electrons. The smallest absolute Gasteiger partial charge is 0.419 e. The second-order valence-electron chi connectivity index (χ2n) is 4.97. The minimum absolute atomic E-state index is 0.260. The molecule has 21 heavy (non-hydrogen) atoms. The van der Waals surface area contributed by atoms with E-state index in [2.05, 4.69) is 4.74 Å². The predicted molar refractivity (Wildman–Crippen MR) is 78.9 cm³/mol. The monoisotopic (exact) mass is 292 g/mol. The van der Waals surface area contributed by atoms with E-state index in [1.54, 1.807) is 10.6 Å². The molecule has 0 amide bonds. The number of carbonyl (C=O) groups excluding carboxylic acids is 1. The zero-order valence-corrected chi connectivity index (χ0v) is 12.3. The fraction of sp³-hybridized carbons (Fsp3) is 0.467. The van der Waals surface area contributed by atoms with Crippen LogP contribution in [-0.4, -0.2) is 17.6 Å². The maximum Gasteiger partial charge on any atom is 0.419 e. The number of fused-ring (bicyclic) bond motifs is 1. The Hall–Kier alpha value is -2.08. The number of hydrogen-bond acceptors (Lipinski definition) is 5. The second-order valence-corrected chi connectivity index (χ2v) is 4.97. The van der Waals surface area contributed by atoms with Crippen LogP contribution < -0.4 is 11.5 Å². The highest BCUT2D eigenvalue weighted by Crippen LogP contribution is 2.21. The number of nitrogens with zero attached hydrogens (tertiary/aromatic N) is 1. The first-order valence-electron chi connectivity index (χ1n) is 7.02. The number of methoxy groups -OCH3 is 1. The standard InChI is InChI=1S/C15H20N2O4/c1-3-8-17-12-6-4-10(9-13(12)21-15(17)19)11(16)5-7-14(18)20-2/h4,6,9,11H,3,5,7-8,16H2,1-2H3. The zero-order chi connectivity index (χ0) is 15.4. The number of carbonyl (C=O) groups is 1. The Kier molecular flexibility index (Phi) is 4.80. The van der Waals surface area contributed by atoms with Gasteiger partial charge >= 0.3 is 11.7 Å². The van der Waals surface area contributed by atoms with E-state index in [4.69, 9.17) is 10.2 Å². The van der Waals surface area contributed by atoms with Crippen molar-refractivity contribution in [3.63, 3.8) is 0 Å². The Morgan fingerprint density at radius 3 is 2.90 bits per heavy atom. The van der Waals surface area contributed by atoms with Gasteiger partial charge in [-0.2, -0.15) is 0 Å². The third kappa shape index (κ3) is 3.33. The van der Waals surface area contributed by atoms with Crippen LogP contribution in [0.1, 0.15) is 37.8 Å². The molecule has 2 aromatic rings. The summed E-state index contributed by atoms with van der Waals surface area (Å²) in [7, 11) is 1.35. The van der Waals surface area contributed by atoms with E-state index >= 15 is 0 Å². The van der Waals surface area contributed by atoms with Crippen molar-refractivity contribution in [2.24, 2.45) is 5.73 Å². The van der Waals surface area contributed by atoms with Crippen LogP contribution in [0.25, 0.3) is 11.1 Å². The minimum atomic E-state index is -0.355. The van der Waals surface area contributed by atoms with Crippen LogP contribution in [0.4, 0.5) is 0 Å². The summed E-state index contributed by atoms with van der Waals surface area (Å²) in [5.74, 6) is -0.640. The van der Waals surface area contributed by atoms with Gasteiger partial charge in [0.05, 0.1) is 12.6 Å². The average molecular weight is 292 g/mol. The molecule has 1 aromatic carbocycles. The van der Waals surface area contributed by atoms with Crippen molar-refractivity contribution in [3.8, 4) is 0 Å². The van der Waals surface area contributed by atoms with E-state index in [9.17, 15) is 9.59 Å². The number of benzene rings is 1. The lowest BCUT2D eigenvalue weighted by atomic mass is 10.0. The lowest BCUT2D eigenvalue weighted by molar-refractivity contribution is -0.140. The van der Waals surface area contributed by atoms with Crippen LogP contribution in [0.15, 0.2) is 27.4 Å². The van der Waals surface area contributed by atoms with E-state index < -0.39 is 0 Å². The van der Waals surface area contributed by atoms with Crippen molar-refractivity contribution in [2.45, 2.75) is 38.8 Å².